The van der Waals surface area contributed by atoms with Gasteiger partial charge in [0.25, 0.3) is 0 Å². The Labute approximate surface area is 78.5 Å². The third-order valence-electron chi connectivity index (χ3n) is 1.93. The highest BCUT2D eigenvalue weighted by Crippen LogP contribution is 2.22. The molecule has 0 atom stereocenters. The first kappa shape index (κ1) is 14.5. The first-order valence-electron chi connectivity index (χ1n) is 4.85. The van der Waals surface area contributed by atoms with Crippen LogP contribution in [0.25, 0.3) is 0 Å². The molecule has 1 nitrogen and oxygen atoms in total. The van der Waals surface area contributed by atoms with Gasteiger partial charge in [-0.3, -0.25) is 0 Å². The standard InChI is InChI=1S/C11H23.H3N/c1-5-6-7-8-9-10-11(2,3)4;/h1,5-10H2,2-4H3;1H3. The van der Waals surface area contributed by atoms with Crippen LogP contribution < -0.4 is 6.15 Å². The van der Waals surface area contributed by atoms with Crippen LogP contribution in [0.2, 0.25) is 0 Å². The second kappa shape index (κ2) is 7.60. The highest BCUT2D eigenvalue weighted by molar-refractivity contribution is 4.60. The van der Waals surface area contributed by atoms with Gasteiger partial charge in [0.2, 0.25) is 0 Å². The summed E-state index contributed by atoms with van der Waals surface area (Å²) in [5.74, 6) is 0. The van der Waals surface area contributed by atoms with Crippen LogP contribution in [0.15, 0.2) is 0 Å². The van der Waals surface area contributed by atoms with E-state index in [1.54, 1.807) is 0 Å². The molecule has 0 aromatic rings. The number of hydrogen-bond donors (Lipinski definition) is 1. The maximum atomic E-state index is 3.83. The van der Waals surface area contributed by atoms with Crippen molar-refractivity contribution in [3.8, 4) is 0 Å². The van der Waals surface area contributed by atoms with Crippen molar-refractivity contribution in [1.82, 2.24) is 6.15 Å². The van der Waals surface area contributed by atoms with Crippen molar-refractivity contribution in [2.24, 2.45) is 5.41 Å². The first-order valence-corrected chi connectivity index (χ1v) is 4.85. The maximum Gasteiger partial charge on any atom is -0.0383 e. The molecule has 0 unspecified atom stereocenters. The Morgan fingerprint density at radius 3 is 1.83 bits per heavy atom. The Hall–Kier alpha value is -0.0400. The molecule has 0 fully saturated rings. The lowest BCUT2D eigenvalue weighted by molar-refractivity contribution is 0.357. The molecule has 0 saturated heterocycles. The zero-order chi connectivity index (χ0) is 8.74. The zero-order valence-corrected chi connectivity index (χ0v) is 9.16. The van der Waals surface area contributed by atoms with E-state index in [1.165, 1.54) is 32.1 Å². The predicted molar refractivity (Wildman–Crippen MR) is 57.5 cm³/mol. The van der Waals surface area contributed by atoms with E-state index < -0.39 is 0 Å². The van der Waals surface area contributed by atoms with E-state index in [2.05, 4.69) is 27.7 Å². The van der Waals surface area contributed by atoms with Crippen LogP contribution in [0.4, 0.5) is 0 Å². The smallest absolute Gasteiger partial charge is 0.0383 e. The summed E-state index contributed by atoms with van der Waals surface area (Å²) in [5.41, 5.74) is 0.532. The molecule has 0 aliphatic heterocycles. The van der Waals surface area contributed by atoms with Crippen molar-refractivity contribution in [3.63, 3.8) is 0 Å². The number of unbranched alkanes of at least 4 members (excludes halogenated alkanes) is 4. The van der Waals surface area contributed by atoms with E-state index in [0.29, 0.717) is 5.41 Å². The third-order valence-corrected chi connectivity index (χ3v) is 1.93. The van der Waals surface area contributed by atoms with Crippen molar-refractivity contribution in [3.05, 3.63) is 6.92 Å². The third kappa shape index (κ3) is 12.6. The molecule has 3 N–H and O–H groups in total. The minimum absolute atomic E-state index is 0. The molecule has 75 valence electrons. The lowest BCUT2D eigenvalue weighted by Crippen LogP contribution is -2.03. The van der Waals surface area contributed by atoms with Crippen molar-refractivity contribution in [2.75, 3.05) is 0 Å². The maximum absolute atomic E-state index is 3.83. The van der Waals surface area contributed by atoms with Gasteiger partial charge in [0.15, 0.2) is 0 Å². The van der Waals surface area contributed by atoms with Crippen molar-refractivity contribution >= 4 is 0 Å². The van der Waals surface area contributed by atoms with E-state index in [0.717, 1.165) is 6.42 Å². The minimum Gasteiger partial charge on any atom is -0.344 e. The van der Waals surface area contributed by atoms with Crippen LogP contribution in [0, 0.1) is 12.3 Å². The molecular formula is C11H26N. The van der Waals surface area contributed by atoms with Crippen LogP contribution in [0.1, 0.15) is 59.3 Å². The van der Waals surface area contributed by atoms with Gasteiger partial charge in [0.05, 0.1) is 0 Å². The van der Waals surface area contributed by atoms with E-state index in [-0.39, 0.29) is 6.15 Å². The largest absolute Gasteiger partial charge is 0.344 e. The summed E-state index contributed by atoms with van der Waals surface area (Å²) in [5, 5.41) is 0. The highest BCUT2D eigenvalue weighted by atomic mass is 14.1. The summed E-state index contributed by atoms with van der Waals surface area (Å²) < 4.78 is 0. The van der Waals surface area contributed by atoms with Gasteiger partial charge < -0.3 is 6.15 Å². The fraction of sp³-hybridized carbons (Fsp3) is 0.909. The Morgan fingerprint density at radius 1 is 0.917 bits per heavy atom. The summed E-state index contributed by atoms with van der Waals surface area (Å²) in [6.45, 7) is 10.8. The molecule has 0 amide bonds. The highest BCUT2D eigenvalue weighted by Gasteiger charge is 2.08. The molecule has 0 saturated carbocycles. The Balaban J connectivity index is 0. The molecule has 0 spiro atoms. The molecule has 1 radical (unpaired) electrons. The summed E-state index contributed by atoms with van der Waals surface area (Å²) >= 11 is 0. The van der Waals surface area contributed by atoms with Crippen LogP contribution in [-0.4, -0.2) is 0 Å². The lowest BCUT2D eigenvalue weighted by atomic mass is 9.89. The lowest BCUT2D eigenvalue weighted by Gasteiger charge is -2.17. The molecule has 0 aromatic heterocycles. The van der Waals surface area contributed by atoms with Crippen molar-refractivity contribution < 1.29 is 0 Å². The first-order chi connectivity index (χ1) is 5.06. The van der Waals surface area contributed by atoms with Gasteiger partial charge in [-0.25, -0.2) is 0 Å². The quantitative estimate of drug-likeness (QED) is 0.614. The summed E-state index contributed by atoms with van der Waals surface area (Å²) in [6.07, 6.45) is 7.94. The Morgan fingerprint density at radius 2 is 1.42 bits per heavy atom. The van der Waals surface area contributed by atoms with E-state index in [9.17, 15) is 0 Å². The zero-order valence-electron chi connectivity index (χ0n) is 9.16. The van der Waals surface area contributed by atoms with Crippen molar-refractivity contribution in [1.29, 1.82) is 0 Å². The SMILES string of the molecule is N.[CH2]CCCCCCC(C)(C)C. The van der Waals surface area contributed by atoms with Crippen LogP contribution in [0.3, 0.4) is 0 Å². The fourth-order valence-corrected chi connectivity index (χ4v) is 1.19. The molecule has 0 heterocycles. The Bertz CT molecular complexity index is 81.5. The minimum atomic E-state index is 0. The van der Waals surface area contributed by atoms with E-state index in [4.69, 9.17) is 0 Å². The molecule has 0 rings (SSSR count). The van der Waals surface area contributed by atoms with Gasteiger partial charge in [0.1, 0.15) is 0 Å². The van der Waals surface area contributed by atoms with Gasteiger partial charge in [-0.05, 0) is 11.8 Å². The molecule has 0 aliphatic rings. The second-order valence-electron chi connectivity index (χ2n) is 4.58. The number of hydrogen-bond acceptors (Lipinski definition) is 1. The molecule has 1 heteroatoms. The van der Waals surface area contributed by atoms with E-state index in [1.807, 2.05) is 0 Å². The summed E-state index contributed by atoms with van der Waals surface area (Å²) in [6, 6.07) is 0. The van der Waals surface area contributed by atoms with E-state index >= 15 is 0 Å². The average Bonchev–Trinajstić information content (AvgIpc) is 1.85. The monoisotopic (exact) mass is 172 g/mol. The van der Waals surface area contributed by atoms with Crippen LogP contribution in [0.5, 0.6) is 0 Å². The summed E-state index contributed by atoms with van der Waals surface area (Å²) in [7, 11) is 0. The topological polar surface area (TPSA) is 35.0 Å². The average molecular weight is 172 g/mol. The normalized spacial score (nSPS) is 11.0. The van der Waals surface area contributed by atoms with Crippen molar-refractivity contribution in [2.45, 2.75) is 59.3 Å². The summed E-state index contributed by atoms with van der Waals surface area (Å²) in [4.78, 5) is 0. The van der Waals surface area contributed by atoms with Crippen LogP contribution in [-0.2, 0) is 0 Å². The number of rotatable bonds is 5. The molecular weight excluding hydrogens is 146 g/mol. The molecule has 12 heavy (non-hydrogen) atoms. The molecule has 0 bridgehead atoms. The second-order valence-corrected chi connectivity index (χ2v) is 4.58. The van der Waals surface area contributed by atoms with Gasteiger partial charge >= 0.3 is 0 Å². The van der Waals surface area contributed by atoms with Crippen LogP contribution >= 0.6 is 0 Å². The Kier molecular flexibility index (Phi) is 9.17. The van der Waals surface area contributed by atoms with Gasteiger partial charge in [0, 0.05) is 0 Å². The fourth-order valence-electron chi connectivity index (χ4n) is 1.19. The molecule has 0 aliphatic carbocycles. The molecule has 0 aromatic carbocycles. The van der Waals surface area contributed by atoms with Gasteiger partial charge in [-0.1, -0.05) is 59.8 Å². The van der Waals surface area contributed by atoms with Gasteiger partial charge in [-0.15, -0.1) is 0 Å². The predicted octanol–water partition coefficient (Wildman–Crippen LogP) is 4.37. The van der Waals surface area contributed by atoms with Gasteiger partial charge in [-0.2, -0.15) is 0 Å².